The van der Waals surface area contributed by atoms with E-state index >= 15 is 0 Å². The van der Waals surface area contributed by atoms with Crippen molar-refractivity contribution in [2.45, 2.75) is 31.8 Å². The Bertz CT molecular complexity index is 1250. The third-order valence-electron chi connectivity index (χ3n) is 6.26. The second-order valence-electron chi connectivity index (χ2n) is 7.94. The van der Waals surface area contributed by atoms with E-state index in [1.165, 1.54) is 23.8 Å². The molecule has 0 aliphatic carbocycles. The zero-order valence-electron chi connectivity index (χ0n) is 16.7. The first-order valence-corrected chi connectivity index (χ1v) is 10.4. The highest BCUT2D eigenvalue weighted by Crippen LogP contribution is 2.38. The van der Waals surface area contributed by atoms with Crippen LogP contribution in [0.3, 0.4) is 0 Å². The number of anilines is 1. The Kier molecular flexibility index (Phi) is 4.56. The van der Waals surface area contributed by atoms with Gasteiger partial charge in [0.25, 0.3) is 11.6 Å². The second-order valence-corrected chi connectivity index (χ2v) is 8.37. The number of carbonyl (C=O) groups excluding carboxylic acids is 2. The van der Waals surface area contributed by atoms with Gasteiger partial charge in [-0.15, -0.1) is 0 Å². The largest absolute Gasteiger partial charge is 0.357 e. The fraction of sp³-hybridized carbons (Fsp3) is 0.273. The van der Waals surface area contributed by atoms with Gasteiger partial charge < -0.3 is 4.98 Å². The second kappa shape index (κ2) is 7.18. The molecule has 1 saturated heterocycles. The number of nitro benzene ring substituents is 1. The van der Waals surface area contributed by atoms with Crippen LogP contribution in [0.25, 0.3) is 10.9 Å². The number of imide groups is 1. The molecule has 8 nitrogen and oxygen atoms in total. The maximum absolute atomic E-state index is 13.2. The van der Waals surface area contributed by atoms with Gasteiger partial charge in [-0.25, -0.2) is 4.90 Å². The summed E-state index contributed by atoms with van der Waals surface area (Å²) in [6.07, 6.45) is 0.780. The number of non-ortho nitro benzene ring substituents is 1. The summed E-state index contributed by atoms with van der Waals surface area (Å²) in [5.74, 6) is -0.697. The number of halogens is 1. The normalized spacial score (nSPS) is 21.7. The minimum Gasteiger partial charge on any atom is -0.357 e. The Labute approximate surface area is 182 Å². The van der Waals surface area contributed by atoms with Gasteiger partial charge in [0, 0.05) is 46.3 Å². The number of nitrogens with zero attached hydrogens (tertiary/aromatic N) is 3. The van der Waals surface area contributed by atoms with E-state index < -0.39 is 11.0 Å². The highest BCUT2D eigenvalue weighted by molar-refractivity contribution is 6.31. The number of benzene rings is 2. The number of amides is 2. The smallest absolute Gasteiger partial charge is 0.271 e. The van der Waals surface area contributed by atoms with Crippen molar-refractivity contribution in [2.24, 2.45) is 0 Å². The van der Waals surface area contributed by atoms with Crippen molar-refractivity contribution >= 4 is 45.7 Å². The van der Waals surface area contributed by atoms with Crippen LogP contribution in [0, 0.1) is 10.1 Å². The minimum atomic E-state index is -0.607. The zero-order valence-corrected chi connectivity index (χ0v) is 17.4. The molecule has 2 unspecified atom stereocenters. The lowest BCUT2D eigenvalue weighted by Crippen LogP contribution is -2.46. The molecule has 31 heavy (non-hydrogen) atoms. The molecule has 1 N–H and O–H groups in total. The average molecular weight is 439 g/mol. The highest BCUT2D eigenvalue weighted by Gasteiger charge is 2.45. The van der Waals surface area contributed by atoms with Crippen LogP contribution >= 0.6 is 11.6 Å². The van der Waals surface area contributed by atoms with Crippen LogP contribution in [0.5, 0.6) is 0 Å². The summed E-state index contributed by atoms with van der Waals surface area (Å²) in [7, 11) is 0. The molecule has 0 bridgehead atoms. The fourth-order valence-corrected chi connectivity index (χ4v) is 4.96. The molecular weight excluding hydrogens is 420 g/mol. The number of rotatable bonds is 3. The Morgan fingerprint density at radius 2 is 2.00 bits per heavy atom. The van der Waals surface area contributed by atoms with Gasteiger partial charge in [-0.2, -0.15) is 0 Å². The number of hydrogen-bond acceptors (Lipinski definition) is 5. The van der Waals surface area contributed by atoms with Crippen LogP contribution in [0.4, 0.5) is 11.4 Å². The Morgan fingerprint density at radius 1 is 1.19 bits per heavy atom. The molecule has 3 aromatic rings. The van der Waals surface area contributed by atoms with Gasteiger partial charge in [0.05, 0.1) is 23.1 Å². The predicted molar refractivity (Wildman–Crippen MR) is 116 cm³/mol. The summed E-state index contributed by atoms with van der Waals surface area (Å²) in [5, 5.41) is 12.9. The van der Waals surface area contributed by atoms with Gasteiger partial charge in [-0.3, -0.25) is 24.6 Å². The molecule has 158 valence electrons. The quantitative estimate of drug-likeness (QED) is 0.378. The summed E-state index contributed by atoms with van der Waals surface area (Å²) < 4.78 is 0. The molecule has 2 amide bonds. The lowest BCUT2D eigenvalue weighted by atomic mass is 9.96. The van der Waals surface area contributed by atoms with E-state index in [4.69, 9.17) is 11.6 Å². The SMILES string of the molecule is CC1c2[nH]c3ccc(Cl)cc3c2CCN1C1CC(=O)N(c2cccc([N+](=O)[O-])c2)C1=O. The lowest BCUT2D eigenvalue weighted by molar-refractivity contribution is -0.384. The monoisotopic (exact) mass is 438 g/mol. The van der Waals surface area contributed by atoms with Crippen molar-refractivity contribution in [3.05, 3.63) is 68.9 Å². The van der Waals surface area contributed by atoms with Crippen molar-refractivity contribution in [3.8, 4) is 0 Å². The first kappa shape index (κ1) is 19.7. The Balaban J connectivity index is 1.46. The van der Waals surface area contributed by atoms with Crippen LogP contribution in [-0.2, 0) is 16.0 Å². The summed E-state index contributed by atoms with van der Waals surface area (Å²) in [6, 6.07) is 10.7. The standard InChI is InChI=1S/C22H19ClN4O4/c1-12-21-16(17-9-13(23)5-6-18(17)24-21)7-8-25(12)19-11-20(28)26(22(19)29)14-3-2-4-15(10-14)27(30)31/h2-6,9-10,12,19,24H,7-8,11H2,1H3. The van der Waals surface area contributed by atoms with E-state index in [0.29, 0.717) is 11.6 Å². The molecule has 1 aromatic heterocycles. The van der Waals surface area contributed by atoms with Crippen molar-refractivity contribution in [3.63, 3.8) is 0 Å². The van der Waals surface area contributed by atoms with Crippen LogP contribution < -0.4 is 4.90 Å². The molecule has 9 heteroatoms. The number of nitro groups is 1. The summed E-state index contributed by atoms with van der Waals surface area (Å²) in [5.41, 5.74) is 3.29. The van der Waals surface area contributed by atoms with Gasteiger partial charge in [0.1, 0.15) is 0 Å². The van der Waals surface area contributed by atoms with Crippen molar-refractivity contribution in [2.75, 3.05) is 11.4 Å². The topological polar surface area (TPSA) is 99.6 Å². The first-order chi connectivity index (χ1) is 14.8. The van der Waals surface area contributed by atoms with Gasteiger partial charge >= 0.3 is 0 Å². The van der Waals surface area contributed by atoms with Gasteiger partial charge in [0.15, 0.2) is 0 Å². The molecule has 0 saturated carbocycles. The molecular formula is C22H19ClN4O4. The first-order valence-electron chi connectivity index (χ1n) is 10.0. The number of aromatic nitrogens is 1. The van der Waals surface area contributed by atoms with Crippen molar-refractivity contribution in [1.29, 1.82) is 0 Å². The molecule has 2 atom stereocenters. The minimum absolute atomic E-state index is 0.0489. The molecule has 1 fully saturated rings. The van der Waals surface area contributed by atoms with Crippen LogP contribution in [0.1, 0.15) is 30.6 Å². The van der Waals surface area contributed by atoms with Crippen LogP contribution in [0.15, 0.2) is 42.5 Å². The third kappa shape index (κ3) is 3.10. The lowest BCUT2D eigenvalue weighted by Gasteiger charge is -2.36. The molecule has 2 aliphatic rings. The van der Waals surface area contributed by atoms with Crippen molar-refractivity contribution in [1.82, 2.24) is 9.88 Å². The molecule has 2 aromatic carbocycles. The zero-order chi connectivity index (χ0) is 21.9. The van der Waals surface area contributed by atoms with E-state index in [2.05, 4.69) is 4.98 Å². The van der Waals surface area contributed by atoms with Crippen molar-refractivity contribution < 1.29 is 14.5 Å². The van der Waals surface area contributed by atoms with E-state index in [1.54, 1.807) is 6.07 Å². The number of H-pyrrole nitrogens is 1. The number of nitrogens with one attached hydrogen (secondary N) is 1. The molecule has 0 spiro atoms. The number of hydrogen-bond donors (Lipinski definition) is 1. The van der Waals surface area contributed by atoms with Gasteiger partial charge in [-0.1, -0.05) is 17.7 Å². The number of carbonyl (C=O) groups is 2. The molecule has 5 rings (SSSR count). The number of aromatic amines is 1. The van der Waals surface area contributed by atoms with Crippen LogP contribution in [0.2, 0.25) is 5.02 Å². The van der Waals surface area contributed by atoms with Crippen LogP contribution in [-0.4, -0.2) is 39.2 Å². The maximum Gasteiger partial charge on any atom is 0.271 e. The van der Waals surface area contributed by atoms with E-state index in [9.17, 15) is 19.7 Å². The van der Waals surface area contributed by atoms with Gasteiger partial charge in [-0.05, 0) is 43.2 Å². The molecule has 0 radical (unpaired) electrons. The van der Waals surface area contributed by atoms with Gasteiger partial charge in [0.2, 0.25) is 5.91 Å². The Morgan fingerprint density at radius 3 is 2.77 bits per heavy atom. The highest BCUT2D eigenvalue weighted by atomic mass is 35.5. The molecule has 2 aliphatic heterocycles. The summed E-state index contributed by atoms with van der Waals surface area (Å²) >= 11 is 6.17. The summed E-state index contributed by atoms with van der Waals surface area (Å²) in [6.45, 7) is 2.64. The summed E-state index contributed by atoms with van der Waals surface area (Å²) in [4.78, 5) is 43.1. The average Bonchev–Trinajstić information content (AvgIpc) is 3.25. The maximum atomic E-state index is 13.2. The fourth-order valence-electron chi connectivity index (χ4n) is 4.78. The van der Waals surface area contributed by atoms with E-state index in [-0.39, 0.29) is 35.7 Å². The predicted octanol–water partition coefficient (Wildman–Crippen LogP) is 3.98. The Hall–Kier alpha value is -3.23. The third-order valence-corrected chi connectivity index (χ3v) is 6.49. The van der Waals surface area contributed by atoms with E-state index in [1.807, 2.05) is 30.0 Å². The number of fused-ring (bicyclic) bond motifs is 3. The molecule has 3 heterocycles. The van der Waals surface area contributed by atoms with E-state index in [0.717, 1.165) is 27.9 Å².